The van der Waals surface area contributed by atoms with Gasteiger partial charge in [-0.2, -0.15) is 0 Å². The van der Waals surface area contributed by atoms with E-state index < -0.39 is 65.0 Å². The Bertz CT molecular complexity index is 1470. The summed E-state index contributed by atoms with van der Waals surface area (Å²) in [5.41, 5.74) is 1.18. The molecule has 6 aliphatic rings. The van der Waals surface area contributed by atoms with Crippen molar-refractivity contribution in [2.24, 2.45) is 34.0 Å². The lowest BCUT2D eigenvalue weighted by molar-refractivity contribution is -0.258. The molecule has 10 heteroatoms. The van der Waals surface area contributed by atoms with Gasteiger partial charge < -0.3 is 33.5 Å². The average Bonchev–Trinajstić information content (AvgIpc) is 3.70. The third-order valence-corrected chi connectivity index (χ3v) is 13.0. The van der Waals surface area contributed by atoms with E-state index in [1.54, 1.807) is 47.0 Å². The number of rotatable bonds is 6. The summed E-state index contributed by atoms with van der Waals surface area (Å²) < 4.78 is 37.5. The van der Waals surface area contributed by atoms with Crippen LogP contribution in [0.25, 0.3) is 0 Å². The fraction of sp³-hybridized carbons (Fsp3) is 0.703. The van der Waals surface area contributed by atoms with Crippen LogP contribution in [-0.2, 0) is 42.8 Å². The number of esters is 3. The summed E-state index contributed by atoms with van der Waals surface area (Å²) in [7, 11) is 1.62. The van der Waals surface area contributed by atoms with Gasteiger partial charge in [0.05, 0.1) is 24.9 Å². The maximum absolute atomic E-state index is 13.7. The number of hydrogen-bond donors (Lipinski definition) is 1. The summed E-state index contributed by atoms with van der Waals surface area (Å²) >= 11 is 0. The quantitative estimate of drug-likeness (QED) is 0.186. The molecule has 4 fully saturated rings. The molecule has 47 heavy (non-hydrogen) atoms. The molecule has 0 bridgehead atoms. The molecule has 0 unspecified atom stereocenters. The lowest BCUT2D eigenvalue weighted by Gasteiger charge is -2.66. The van der Waals surface area contributed by atoms with Gasteiger partial charge in [-0.3, -0.25) is 0 Å². The molecule has 1 N–H and O–H groups in total. The van der Waals surface area contributed by atoms with Crippen molar-refractivity contribution in [3.05, 3.63) is 46.1 Å². The molecule has 0 radical (unpaired) electrons. The van der Waals surface area contributed by atoms with Crippen molar-refractivity contribution in [3.63, 3.8) is 0 Å². The van der Waals surface area contributed by atoms with Crippen molar-refractivity contribution in [2.75, 3.05) is 20.3 Å². The molecule has 10 nitrogen and oxygen atoms in total. The number of allylic oxidation sites excluding steroid dienone is 3. The Labute approximate surface area is 277 Å². The van der Waals surface area contributed by atoms with E-state index in [0.29, 0.717) is 29.6 Å². The molecule has 12 atom stereocenters. The fourth-order valence-electron chi connectivity index (χ4n) is 10.3. The highest BCUT2D eigenvalue weighted by Crippen LogP contribution is 2.72. The second kappa shape index (κ2) is 12.0. The van der Waals surface area contributed by atoms with Crippen molar-refractivity contribution in [1.82, 2.24) is 0 Å². The van der Waals surface area contributed by atoms with Gasteiger partial charge in [-0.15, -0.1) is 0 Å². The Kier molecular flexibility index (Phi) is 8.68. The van der Waals surface area contributed by atoms with Gasteiger partial charge in [0.2, 0.25) is 0 Å². The molecule has 0 aromatic carbocycles. The first-order chi connectivity index (χ1) is 22.2. The van der Waals surface area contributed by atoms with E-state index in [4.69, 9.17) is 28.4 Å². The van der Waals surface area contributed by atoms with E-state index in [0.717, 1.165) is 11.1 Å². The highest BCUT2D eigenvalue weighted by molar-refractivity contribution is 5.92. The SMILES string of the molecule is CC=C(C)C(=O)O[C@@H]1[C@@H]2OC[C@]3(C)[C@H](OC(=O)C(C)=CC)C[C@H](O)[C@@](C)([C@@H]23)[C@H]2C[C@H](OC)O[C@H]3C[C@@H](C4=CCOC4=O)C(C)=C3[C@]12C. The van der Waals surface area contributed by atoms with Gasteiger partial charge in [0, 0.05) is 64.8 Å². The summed E-state index contributed by atoms with van der Waals surface area (Å²) in [6, 6.07) is 0. The number of carbonyl (C=O) groups excluding carboxylic acids is 3. The maximum Gasteiger partial charge on any atom is 0.334 e. The van der Waals surface area contributed by atoms with E-state index >= 15 is 0 Å². The number of cyclic esters (lactones) is 1. The molecule has 2 saturated carbocycles. The smallest absolute Gasteiger partial charge is 0.334 e. The van der Waals surface area contributed by atoms with Crippen molar-refractivity contribution < 1.29 is 47.9 Å². The van der Waals surface area contributed by atoms with Crippen molar-refractivity contribution >= 4 is 17.9 Å². The highest BCUT2D eigenvalue weighted by atomic mass is 16.7. The number of hydrogen-bond acceptors (Lipinski definition) is 10. The van der Waals surface area contributed by atoms with E-state index in [-0.39, 0.29) is 43.4 Å². The molecule has 258 valence electrons. The molecular formula is C37H50O10. The molecule has 0 aromatic rings. The van der Waals surface area contributed by atoms with Crippen molar-refractivity contribution in [1.29, 1.82) is 0 Å². The number of aliphatic hydroxyl groups is 1. The van der Waals surface area contributed by atoms with Gasteiger partial charge >= 0.3 is 17.9 Å². The van der Waals surface area contributed by atoms with Gasteiger partial charge in [0.1, 0.15) is 18.8 Å². The van der Waals surface area contributed by atoms with Crippen LogP contribution in [0.3, 0.4) is 0 Å². The van der Waals surface area contributed by atoms with Gasteiger partial charge in [0.25, 0.3) is 0 Å². The van der Waals surface area contributed by atoms with Gasteiger partial charge in [-0.05, 0) is 58.6 Å². The van der Waals surface area contributed by atoms with Crippen LogP contribution in [-0.4, -0.2) is 80.1 Å². The van der Waals surface area contributed by atoms with Crippen LogP contribution in [0.4, 0.5) is 0 Å². The first kappa shape index (κ1) is 34.1. The van der Waals surface area contributed by atoms with Crippen LogP contribution < -0.4 is 0 Å². The summed E-state index contributed by atoms with van der Waals surface area (Å²) in [5.74, 6) is -2.08. The van der Waals surface area contributed by atoms with Crippen molar-refractivity contribution in [3.8, 4) is 0 Å². The predicted molar refractivity (Wildman–Crippen MR) is 170 cm³/mol. The minimum absolute atomic E-state index is 0.234. The first-order valence-electron chi connectivity index (χ1n) is 16.9. The highest BCUT2D eigenvalue weighted by Gasteiger charge is 2.77. The normalized spacial score (nSPS) is 44.6. The Hall–Kier alpha value is -2.79. The van der Waals surface area contributed by atoms with Gasteiger partial charge in [-0.25, -0.2) is 14.4 Å². The topological polar surface area (TPSA) is 127 Å². The summed E-state index contributed by atoms with van der Waals surface area (Å²) in [6.45, 7) is 15.9. The Balaban J connectivity index is 1.55. The summed E-state index contributed by atoms with van der Waals surface area (Å²) in [5, 5.41) is 12.3. The average molecular weight is 655 g/mol. The molecule has 3 aliphatic carbocycles. The number of carbonyl (C=O) groups is 3. The molecule has 3 aliphatic heterocycles. The zero-order valence-electron chi connectivity index (χ0n) is 29.1. The minimum atomic E-state index is -0.883. The first-order valence-corrected chi connectivity index (χ1v) is 16.9. The summed E-state index contributed by atoms with van der Waals surface area (Å²) in [6.07, 6.45) is 2.53. The predicted octanol–water partition coefficient (Wildman–Crippen LogP) is 4.75. The van der Waals surface area contributed by atoms with E-state index in [1.807, 2.05) is 13.0 Å². The largest absolute Gasteiger partial charge is 0.458 e. The molecule has 0 spiro atoms. The van der Waals surface area contributed by atoms with Gasteiger partial charge in [0.15, 0.2) is 6.29 Å². The standard InChI is InChI=1S/C37H50O10/c1-10-18(3)32(39)46-26-16-25(38)36(7)24-15-27(42-9)45-23-14-22(21-12-13-43-34(21)41)20(5)28(23)37(24,8)31(47-33(40)19(4)11-2)29-30(36)35(26,6)17-44-29/h10-12,22-27,29-31,38H,13-17H2,1-9H3/t22-,23+,24-,25+,26-,27-,29-,30+,31-,35-,36+,37-/m1/s1. The Morgan fingerprint density at radius 1 is 1.02 bits per heavy atom. The summed E-state index contributed by atoms with van der Waals surface area (Å²) in [4.78, 5) is 39.6. The molecule has 6 rings (SSSR count). The number of methoxy groups -OCH3 is 1. The lowest BCUT2D eigenvalue weighted by Crippen LogP contribution is -2.72. The van der Waals surface area contributed by atoms with Crippen LogP contribution in [0.15, 0.2) is 46.1 Å². The second-order valence-corrected chi connectivity index (χ2v) is 15.0. The Morgan fingerprint density at radius 2 is 1.68 bits per heavy atom. The van der Waals surface area contributed by atoms with Crippen LogP contribution in [0, 0.1) is 34.0 Å². The molecule has 2 saturated heterocycles. The lowest BCUT2D eigenvalue weighted by atomic mass is 9.39. The van der Waals surface area contributed by atoms with E-state index in [9.17, 15) is 19.5 Å². The molecule has 3 heterocycles. The monoisotopic (exact) mass is 654 g/mol. The Morgan fingerprint density at radius 3 is 2.28 bits per heavy atom. The third kappa shape index (κ3) is 4.83. The minimum Gasteiger partial charge on any atom is -0.458 e. The van der Waals surface area contributed by atoms with E-state index in [2.05, 4.69) is 20.8 Å². The van der Waals surface area contributed by atoms with Crippen molar-refractivity contribution in [2.45, 2.75) is 111 Å². The zero-order valence-corrected chi connectivity index (χ0v) is 29.1. The molecule has 0 aromatic heterocycles. The number of aliphatic hydroxyl groups excluding tert-OH is 1. The zero-order chi connectivity index (χ0) is 34.2. The van der Waals surface area contributed by atoms with Crippen LogP contribution in [0.5, 0.6) is 0 Å². The third-order valence-electron chi connectivity index (χ3n) is 13.0. The van der Waals surface area contributed by atoms with Crippen LogP contribution in [0.1, 0.15) is 74.7 Å². The van der Waals surface area contributed by atoms with Gasteiger partial charge in [-0.1, -0.05) is 38.5 Å². The van der Waals surface area contributed by atoms with E-state index in [1.165, 1.54) is 0 Å². The molecule has 0 amide bonds. The number of ether oxygens (including phenoxy) is 6. The second-order valence-electron chi connectivity index (χ2n) is 15.0. The maximum atomic E-state index is 13.7. The molecular weight excluding hydrogens is 604 g/mol. The fourth-order valence-corrected chi connectivity index (χ4v) is 10.3. The van der Waals surface area contributed by atoms with Crippen LogP contribution in [0.2, 0.25) is 0 Å². The van der Waals surface area contributed by atoms with Crippen LogP contribution >= 0.6 is 0 Å². The number of fused-ring (bicyclic) bond motifs is 4.